The van der Waals surface area contributed by atoms with Crippen LogP contribution in [0.3, 0.4) is 0 Å². The van der Waals surface area contributed by atoms with Gasteiger partial charge in [0.15, 0.2) is 5.82 Å². The molecule has 2 heterocycles. The van der Waals surface area contributed by atoms with Gasteiger partial charge in [0, 0.05) is 6.07 Å². The van der Waals surface area contributed by atoms with Gasteiger partial charge in [0.2, 0.25) is 12.3 Å². The molecule has 0 spiro atoms. The Kier molecular flexibility index (Phi) is 2.36. The minimum absolute atomic E-state index is 0.406. The number of nitrogen functional groups attached to an aromatic ring is 1. The van der Waals surface area contributed by atoms with Gasteiger partial charge < -0.3 is 19.6 Å². The molecule has 7 heteroatoms. The standard InChI is InChI=1S/C11H11N5O2/c1-17-7-2-3-8-9(4-7)16(11(12)14-8)5-10-13-6-18-15-10/h2-4,6H,5H2,1H3,(H2,12,14). The lowest BCUT2D eigenvalue weighted by atomic mass is 10.3. The molecule has 18 heavy (non-hydrogen) atoms. The summed E-state index contributed by atoms with van der Waals surface area (Å²) in [6.07, 6.45) is 1.28. The lowest BCUT2D eigenvalue weighted by Gasteiger charge is -2.04. The van der Waals surface area contributed by atoms with Crippen molar-refractivity contribution in [2.45, 2.75) is 6.54 Å². The zero-order valence-corrected chi connectivity index (χ0v) is 9.70. The number of aromatic nitrogens is 4. The summed E-state index contributed by atoms with van der Waals surface area (Å²) in [5.74, 6) is 1.70. The molecule has 92 valence electrons. The van der Waals surface area contributed by atoms with Gasteiger partial charge in [-0.05, 0) is 12.1 Å². The third-order valence-corrected chi connectivity index (χ3v) is 2.69. The molecule has 2 aromatic heterocycles. The zero-order chi connectivity index (χ0) is 12.5. The van der Waals surface area contributed by atoms with Crippen molar-refractivity contribution in [1.29, 1.82) is 0 Å². The molecule has 0 saturated heterocycles. The SMILES string of the molecule is COc1ccc2nc(N)n(Cc3ncon3)c2c1. The highest BCUT2D eigenvalue weighted by atomic mass is 16.5. The van der Waals surface area contributed by atoms with E-state index in [1.54, 1.807) is 7.11 Å². The van der Waals surface area contributed by atoms with E-state index >= 15 is 0 Å². The molecule has 0 aliphatic carbocycles. The van der Waals surface area contributed by atoms with Crippen LogP contribution in [0.1, 0.15) is 5.82 Å². The maximum atomic E-state index is 5.89. The number of anilines is 1. The van der Waals surface area contributed by atoms with Crippen molar-refractivity contribution in [3.63, 3.8) is 0 Å². The second-order valence-corrected chi connectivity index (χ2v) is 3.76. The maximum absolute atomic E-state index is 5.89. The van der Waals surface area contributed by atoms with Crippen molar-refractivity contribution in [2.75, 3.05) is 12.8 Å². The van der Waals surface area contributed by atoms with Gasteiger partial charge in [0.25, 0.3) is 0 Å². The number of methoxy groups -OCH3 is 1. The number of hydrogen-bond donors (Lipinski definition) is 1. The Morgan fingerprint density at radius 3 is 3.06 bits per heavy atom. The smallest absolute Gasteiger partial charge is 0.213 e. The molecule has 0 fully saturated rings. The van der Waals surface area contributed by atoms with Gasteiger partial charge in [-0.3, -0.25) is 0 Å². The number of imidazole rings is 1. The van der Waals surface area contributed by atoms with Crippen LogP contribution in [-0.2, 0) is 6.54 Å². The molecule has 0 atom stereocenters. The third kappa shape index (κ3) is 1.65. The van der Waals surface area contributed by atoms with Crippen LogP contribution in [0.2, 0.25) is 0 Å². The molecule has 0 aliphatic rings. The van der Waals surface area contributed by atoms with Crippen LogP contribution in [-0.4, -0.2) is 26.8 Å². The number of hydrogen-bond acceptors (Lipinski definition) is 6. The average Bonchev–Trinajstić information content (AvgIpc) is 2.99. The Labute approximate surface area is 102 Å². The van der Waals surface area contributed by atoms with Crippen LogP contribution in [0.25, 0.3) is 11.0 Å². The van der Waals surface area contributed by atoms with Crippen molar-refractivity contribution in [3.8, 4) is 5.75 Å². The average molecular weight is 245 g/mol. The van der Waals surface area contributed by atoms with E-state index in [1.165, 1.54) is 6.39 Å². The highest BCUT2D eigenvalue weighted by molar-refractivity contribution is 5.80. The number of rotatable bonds is 3. The van der Waals surface area contributed by atoms with Crippen molar-refractivity contribution >= 4 is 17.0 Å². The molecule has 2 N–H and O–H groups in total. The first-order chi connectivity index (χ1) is 8.78. The van der Waals surface area contributed by atoms with E-state index in [4.69, 9.17) is 15.0 Å². The van der Waals surface area contributed by atoms with Crippen molar-refractivity contribution < 1.29 is 9.26 Å². The topological polar surface area (TPSA) is 92.0 Å². The zero-order valence-electron chi connectivity index (χ0n) is 9.70. The highest BCUT2D eigenvalue weighted by Gasteiger charge is 2.11. The number of nitrogens with zero attached hydrogens (tertiary/aromatic N) is 4. The molecule has 0 bridgehead atoms. The lowest BCUT2D eigenvalue weighted by molar-refractivity contribution is 0.408. The Morgan fingerprint density at radius 2 is 2.33 bits per heavy atom. The molecule has 0 unspecified atom stereocenters. The van der Waals surface area contributed by atoms with Crippen LogP contribution < -0.4 is 10.5 Å². The summed E-state index contributed by atoms with van der Waals surface area (Å²) in [5.41, 5.74) is 7.56. The summed E-state index contributed by atoms with van der Waals surface area (Å²) in [7, 11) is 1.62. The van der Waals surface area contributed by atoms with E-state index in [-0.39, 0.29) is 0 Å². The van der Waals surface area contributed by atoms with E-state index in [0.717, 1.165) is 16.8 Å². The van der Waals surface area contributed by atoms with Crippen LogP contribution >= 0.6 is 0 Å². The summed E-state index contributed by atoms with van der Waals surface area (Å²) >= 11 is 0. The fraction of sp³-hybridized carbons (Fsp3) is 0.182. The van der Waals surface area contributed by atoms with Gasteiger partial charge in [-0.15, -0.1) is 0 Å². The second kappa shape index (κ2) is 4.02. The summed E-state index contributed by atoms with van der Waals surface area (Å²) < 4.78 is 11.7. The molecule has 0 amide bonds. The molecule has 3 aromatic rings. The van der Waals surface area contributed by atoms with Crippen molar-refractivity contribution in [2.24, 2.45) is 0 Å². The second-order valence-electron chi connectivity index (χ2n) is 3.76. The Morgan fingerprint density at radius 1 is 1.44 bits per heavy atom. The molecule has 7 nitrogen and oxygen atoms in total. The van der Waals surface area contributed by atoms with Gasteiger partial charge in [-0.2, -0.15) is 4.98 Å². The molecule has 1 aromatic carbocycles. The van der Waals surface area contributed by atoms with Gasteiger partial charge in [-0.25, -0.2) is 4.98 Å². The third-order valence-electron chi connectivity index (χ3n) is 2.69. The summed E-state index contributed by atoms with van der Waals surface area (Å²) in [5, 5.41) is 3.76. The normalized spacial score (nSPS) is 10.9. The van der Waals surface area contributed by atoms with Crippen LogP contribution in [0.15, 0.2) is 29.1 Å². The molecule has 0 aliphatic heterocycles. The number of ether oxygens (including phenoxy) is 1. The van der Waals surface area contributed by atoms with Gasteiger partial charge in [0.1, 0.15) is 5.75 Å². The van der Waals surface area contributed by atoms with E-state index < -0.39 is 0 Å². The van der Waals surface area contributed by atoms with Crippen LogP contribution in [0, 0.1) is 0 Å². The highest BCUT2D eigenvalue weighted by Crippen LogP contribution is 2.23. The maximum Gasteiger partial charge on any atom is 0.213 e. The quantitative estimate of drug-likeness (QED) is 0.741. The minimum Gasteiger partial charge on any atom is -0.497 e. The van der Waals surface area contributed by atoms with Gasteiger partial charge >= 0.3 is 0 Å². The summed E-state index contributed by atoms with van der Waals surface area (Å²) in [6.45, 7) is 0.409. The lowest BCUT2D eigenvalue weighted by Crippen LogP contribution is -2.05. The molecular formula is C11H11N5O2. The Hall–Kier alpha value is -2.57. The minimum atomic E-state index is 0.406. The first kappa shape index (κ1) is 10.6. The van der Waals surface area contributed by atoms with E-state index in [0.29, 0.717) is 18.3 Å². The van der Waals surface area contributed by atoms with Gasteiger partial charge in [0.05, 0.1) is 24.7 Å². The first-order valence-corrected chi connectivity index (χ1v) is 5.33. The van der Waals surface area contributed by atoms with Crippen LogP contribution in [0.5, 0.6) is 5.75 Å². The van der Waals surface area contributed by atoms with Gasteiger partial charge in [-0.1, -0.05) is 5.16 Å². The predicted octanol–water partition coefficient (Wildman–Crippen LogP) is 1.06. The Bertz CT molecular complexity index is 674. The van der Waals surface area contributed by atoms with Crippen molar-refractivity contribution in [3.05, 3.63) is 30.4 Å². The molecule has 3 rings (SSSR count). The first-order valence-electron chi connectivity index (χ1n) is 5.33. The molecular weight excluding hydrogens is 234 g/mol. The molecule has 0 saturated carbocycles. The fourth-order valence-electron chi connectivity index (χ4n) is 1.82. The number of benzene rings is 1. The van der Waals surface area contributed by atoms with E-state index in [9.17, 15) is 0 Å². The predicted molar refractivity (Wildman–Crippen MR) is 64.1 cm³/mol. The molecule has 0 radical (unpaired) electrons. The Balaban J connectivity index is 2.11. The van der Waals surface area contributed by atoms with E-state index in [2.05, 4.69) is 15.1 Å². The van der Waals surface area contributed by atoms with E-state index in [1.807, 2.05) is 22.8 Å². The summed E-state index contributed by atoms with van der Waals surface area (Å²) in [6, 6.07) is 5.57. The largest absolute Gasteiger partial charge is 0.497 e. The number of nitrogens with two attached hydrogens (primary N) is 1. The van der Waals surface area contributed by atoms with Crippen LogP contribution in [0.4, 0.5) is 5.95 Å². The monoisotopic (exact) mass is 245 g/mol. The fourth-order valence-corrected chi connectivity index (χ4v) is 1.82. The summed E-state index contributed by atoms with van der Waals surface area (Å²) in [4.78, 5) is 8.24. The van der Waals surface area contributed by atoms with Crippen molar-refractivity contribution in [1.82, 2.24) is 19.7 Å². The number of fused-ring (bicyclic) bond motifs is 1.